The van der Waals surface area contributed by atoms with Gasteiger partial charge in [-0.1, -0.05) is 144 Å². The molecule has 0 aromatic heterocycles. The van der Waals surface area contributed by atoms with Crippen molar-refractivity contribution in [1.82, 2.24) is 0 Å². The van der Waals surface area contributed by atoms with Crippen molar-refractivity contribution >= 4 is 80.3 Å². The molecule has 0 saturated carbocycles. The molecular weight excluding hydrogens is 554 g/mol. The first-order valence-electron chi connectivity index (χ1n) is 16.0. The van der Waals surface area contributed by atoms with Gasteiger partial charge in [0.15, 0.2) is 0 Å². The summed E-state index contributed by atoms with van der Waals surface area (Å²) in [7, 11) is 0. The predicted molar refractivity (Wildman–Crippen MR) is 198 cm³/mol. The van der Waals surface area contributed by atoms with Crippen molar-refractivity contribution in [2.45, 2.75) is 0 Å². The zero-order valence-electron chi connectivity index (χ0n) is 25.4. The van der Waals surface area contributed by atoms with Gasteiger partial charge in [0, 0.05) is 34.1 Å². The van der Waals surface area contributed by atoms with E-state index in [2.05, 4.69) is 192 Å². The van der Waals surface area contributed by atoms with Crippen molar-refractivity contribution in [3.8, 4) is 0 Å². The highest BCUT2D eigenvalue weighted by Crippen LogP contribution is 2.40. The van der Waals surface area contributed by atoms with Gasteiger partial charge in [0.1, 0.15) is 0 Å². The maximum Gasteiger partial charge on any atom is 0.246 e. The van der Waals surface area contributed by atoms with Gasteiger partial charge >= 0.3 is 0 Å². The molecule has 2 heterocycles. The van der Waals surface area contributed by atoms with Crippen molar-refractivity contribution in [1.29, 1.82) is 0 Å². The Hall–Kier alpha value is -5.73. The molecule has 0 atom stereocenters. The Labute approximate surface area is 271 Å². The minimum Gasteiger partial charge on any atom is -0.312 e. The molecule has 0 bridgehead atoms. The lowest BCUT2D eigenvalue weighted by molar-refractivity contribution is 1.27. The second kappa shape index (κ2) is 11.0. The van der Waals surface area contributed by atoms with E-state index in [1.807, 2.05) is 0 Å². The van der Waals surface area contributed by atoms with Crippen molar-refractivity contribution in [3.05, 3.63) is 182 Å². The third-order valence-corrected chi connectivity index (χ3v) is 9.55. The molecule has 214 valence electrons. The number of hydrogen-bond acceptors (Lipinski definition) is 2. The van der Waals surface area contributed by atoms with Crippen LogP contribution < -0.4 is 42.6 Å². The highest BCUT2D eigenvalue weighted by Gasteiger charge is 2.41. The van der Waals surface area contributed by atoms with E-state index in [1.165, 1.54) is 55.5 Å². The van der Waals surface area contributed by atoms with Gasteiger partial charge in [-0.2, -0.15) is 0 Å². The van der Waals surface area contributed by atoms with Gasteiger partial charge in [0.25, 0.3) is 0 Å². The van der Waals surface area contributed by atoms with Crippen LogP contribution in [-0.2, 0) is 0 Å². The minimum absolute atomic E-state index is 0.0858. The van der Waals surface area contributed by atoms with E-state index in [9.17, 15) is 0 Å². The Balaban J connectivity index is 1.40. The summed E-state index contributed by atoms with van der Waals surface area (Å²) in [6.07, 6.45) is 0. The summed E-state index contributed by atoms with van der Waals surface area (Å²) < 4.78 is 0. The number of anilines is 6. The molecule has 0 unspecified atom stereocenters. The van der Waals surface area contributed by atoms with Crippen LogP contribution in [-0.4, -0.2) is 13.4 Å². The summed E-state index contributed by atoms with van der Waals surface area (Å²) in [6.45, 7) is 0.172. The number of nitrogens with zero attached hydrogens (tertiary/aromatic N) is 2. The molecule has 2 aliphatic heterocycles. The molecule has 0 aliphatic carbocycles. The van der Waals surface area contributed by atoms with E-state index in [0.29, 0.717) is 0 Å². The Morgan fingerprint density at radius 3 is 1.00 bits per heavy atom. The third-order valence-electron chi connectivity index (χ3n) is 9.55. The lowest BCUT2D eigenvalue weighted by Gasteiger charge is -2.42. The van der Waals surface area contributed by atoms with Crippen LogP contribution in [0.4, 0.5) is 34.1 Å². The molecule has 4 heteroatoms. The maximum absolute atomic E-state index is 2.49. The van der Waals surface area contributed by atoms with Crippen LogP contribution in [0.5, 0.6) is 0 Å². The first kappa shape index (κ1) is 26.7. The third kappa shape index (κ3) is 4.22. The quantitative estimate of drug-likeness (QED) is 0.225. The molecular formula is C42H30B2N2. The normalized spacial score (nSPS) is 13.0. The van der Waals surface area contributed by atoms with Gasteiger partial charge in [-0.05, 0) is 70.4 Å². The average molecular weight is 584 g/mol. The fourth-order valence-electron chi connectivity index (χ4n) is 7.64. The molecule has 0 fully saturated rings. The van der Waals surface area contributed by atoms with E-state index in [0.717, 1.165) is 11.4 Å². The van der Waals surface area contributed by atoms with Gasteiger partial charge in [0.05, 0.1) is 0 Å². The monoisotopic (exact) mass is 584 g/mol. The number of rotatable bonds is 4. The second-order valence-electron chi connectivity index (χ2n) is 12.1. The van der Waals surface area contributed by atoms with Crippen molar-refractivity contribution in [2.75, 3.05) is 9.80 Å². The molecule has 0 saturated heterocycles. The number of hydrogen-bond donors (Lipinski definition) is 0. The summed E-state index contributed by atoms with van der Waals surface area (Å²) in [4.78, 5) is 4.94. The van der Waals surface area contributed by atoms with Crippen molar-refractivity contribution in [3.63, 3.8) is 0 Å². The number of fused-ring (bicyclic) bond motifs is 4. The smallest absolute Gasteiger partial charge is 0.246 e. The summed E-state index contributed by atoms with van der Waals surface area (Å²) >= 11 is 0. The fraction of sp³-hybridized carbons (Fsp3) is 0. The average Bonchev–Trinajstić information content (AvgIpc) is 3.13. The van der Waals surface area contributed by atoms with Crippen molar-refractivity contribution < 1.29 is 0 Å². The van der Waals surface area contributed by atoms with Crippen LogP contribution in [0.2, 0.25) is 0 Å². The summed E-state index contributed by atoms with van der Waals surface area (Å²) in [6, 6.07) is 66.5. The molecule has 2 aliphatic rings. The highest BCUT2D eigenvalue weighted by atomic mass is 15.2. The lowest BCUT2D eigenvalue weighted by Crippen LogP contribution is -2.61. The van der Waals surface area contributed by atoms with Crippen LogP contribution in [0.15, 0.2) is 182 Å². The van der Waals surface area contributed by atoms with Crippen molar-refractivity contribution in [2.24, 2.45) is 0 Å². The number of benzene rings is 7. The summed E-state index contributed by atoms with van der Waals surface area (Å²) in [5.74, 6) is 0. The van der Waals surface area contributed by atoms with E-state index in [4.69, 9.17) is 0 Å². The first-order chi connectivity index (χ1) is 22.9. The summed E-state index contributed by atoms with van der Waals surface area (Å²) in [5.41, 5.74) is 15.1. The maximum atomic E-state index is 2.49. The molecule has 0 radical (unpaired) electrons. The number of para-hydroxylation sites is 4. The van der Waals surface area contributed by atoms with Crippen LogP contribution in [0.25, 0.3) is 0 Å². The Morgan fingerprint density at radius 2 is 0.609 bits per heavy atom. The van der Waals surface area contributed by atoms with E-state index in [1.54, 1.807) is 0 Å². The van der Waals surface area contributed by atoms with E-state index >= 15 is 0 Å². The van der Waals surface area contributed by atoms with Crippen LogP contribution in [0, 0.1) is 0 Å². The first-order valence-corrected chi connectivity index (χ1v) is 16.0. The molecule has 0 N–H and O–H groups in total. The zero-order valence-corrected chi connectivity index (χ0v) is 25.4. The molecule has 7 aromatic rings. The highest BCUT2D eigenvalue weighted by molar-refractivity contribution is 7.00. The van der Waals surface area contributed by atoms with Gasteiger partial charge in [-0.25, -0.2) is 0 Å². The predicted octanol–water partition coefficient (Wildman–Crippen LogP) is 6.29. The zero-order chi connectivity index (χ0) is 30.5. The van der Waals surface area contributed by atoms with Crippen LogP contribution in [0.1, 0.15) is 0 Å². The summed E-state index contributed by atoms with van der Waals surface area (Å²) in [5, 5.41) is 0. The molecule has 9 rings (SSSR count). The van der Waals surface area contributed by atoms with Crippen LogP contribution >= 0.6 is 0 Å². The Morgan fingerprint density at radius 1 is 0.283 bits per heavy atom. The SMILES string of the molecule is c1ccc(B2c3ccccc3N(c3ccccc3)c3cc4c(cc32)N(c2ccccc2)c2ccccc2B4c2ccccc2)cc1. The topological polar surface area (TPSA) is 6.48 Å². The molecule has 0 amide bonds. The second-order valence-corrected chi connectivity index (χ2v) is 12.1. The Kier molecular flexibility index (Phi) is 6.38. The van der Waals surface area contributed by atoms with E-state index < -0.39 is 0 Å². The largest absolute Gasteiger partial charge is 0.312 e. The molecule has 46 heavy (non-hydrogen) atoms. The minimum atomic E-state index is 0.0858. The van der Waals surface area contributed by atoms with Gasteiger partial charge in [-0.15, -0.1) is 0 Å². The van der Waals surface area contributed by atoms with Gasteiger partial charge in [0.2, 0.25) is 13.4 Å². The van der Waals surface area contributed by atoms with Gasteiger partial charge < -0.3 is 9.80 Å². The standard InChI is InChI=1S/C42H30B2N2/c1-5-17-31(18-6-1)43-35-25-13-15-27-39(35)45(33-21-9-3-10-22-33)41-30-38-42(29-37(41)43)46(34-23-11-4-12-24-34)40-28-16-14-26-36(40)44(38)32-19-7-2-8-20-32/h1-30H. The lowest BCUT2D eigenvalue weighted by atomic mass is 9.32. The molecule has 7 aromatic carbocycles. The van der Waals surface area contributed by atoms with Crippen LogP contribution in [0.3, 0.4) is 0 Å². The molecule has 0 spiro atoms. The Bertz CT molecular complexity index is 1860. The van der Waals surface area contributed by atoms with E-state index in [-0.39, 0.29) is 13.4 Å². The molecule has 2 nitrogen and oxygen atoms in total. The van der Waals surface area contributed by atoms with Gasteiger partial charge in [-0.3, -0.25) is 0 Å². The fourth-order valence-corrected chi connectivity index (χ4v) is 7.64.